The number of nitrogens with zero attached hydrogens (tertiary/aromatic N) is 1. The van der Waals surface area contributed by atoms with E-state index in [4.69, 9.17) is 5.11 Å². The average molecular weight is 235 g/mol. The second kappa shape index (κ2) is 4.01. The van der Waals surface area contributed by atoms with E-state index in [1.54, 1.807) is 0 Å². The first-order valence-electron chi connectivity index (χ1n) is 5.28. The van der Waals surface area contributed by atoms with Crippen LogP contribution in [0.5, 0.6) is 0 Å². The summed E-state index contributed by atoms with van der Waals surface area (Å²) in [6.45, 7) is 0.825. The molecule has 0 aliphatic carbocycles. The van der Waals surface area contributed by atoms with Gasteiger partial charge in [-0.2, -0.15) is 0 Å². The Bertz CT molecular complexity index is 329. The third kappa shape index (κ3) is 2.18. The fraction of sp³-hybridized carbons (Fsp3) is 1.00. The van der Waals surface area contributed by atoms with E-state index in [2.05, 4.69) is 0 Å². The molecule has 0 bridgehead atoms. The largest absolute Gasteiger partial charge is 0.395 e. The van der Waals surface area contributed by atoms with E-state index >= 15 is 0 Å². The lowest BCUT2D eigenvalue weighted by atomic mass is 10.1. The Labute approximate surface area is 89.6 Å². The Balaban J connectivity index is 2.11. The van der Waals surface area contributed by atoms with Crippen LogP contribution in [0.25, 0.3) is 0 Å². The van der Waals surface area contributed by atoms with Gasteiger partial charge in [-0.1, -0.05) is 0 Å². The maximum absolute atomic E-state index is 11.4. The molecule has 0 aromatic heterocycles. The summed E-state index contributed by atoms with van der Waals surface area (Å²) in [6, 6.07) is -0.285. The monoisotopic (exact) mass is 235 g/mol. The first kappa shape index (κ1) is 11.3. The number of aliphatic hydroxyl groups is 2. The highest BCUT2D eigenvalue weighted by atomic mass is 32.2. The minimum atomic E-state index is -3.09. The molecule has 5 nitrogen and oxygen atoms in total. The van der Waals surface area contributed by atoms with Crippen molar-refractivity contribution >= 4 is 9.84 Å². The minimum absolute atomic E-state index is 0.0259. The smallest absolute Gasteiger partial charge is 0.154 e. The third-order valence-electron chi connectivity index (χ3n) is 3.35. The van der Waals surface area contributed by atoms with Gasteiger partial charge in [0.2, 0.25) is 0 Å². The zero-order chi connectivity index (χ0) is 11.1. The summed E-state index contributed by atoms with van der Waals surface area (Å²) in [7, 11) is -3.09. The molecule has 2 saturated heterocycles. The van der Waals surface area contributed by atoms with Gasteiger partial charge < -0.3 is 10.2 Å². The second-order valence-electron chi connectivity index (χ2n) is 4.43. The average Bonchev–Trinajstić information content (AvgIpc) is 2.69. The number of hydrogen-bond acceptors (Lipinski definition) is 5. The van der Waals surface area contributed by atoms with Gasteiger partial charge in [0.25, 0.3) is 0 Å². The van der Waals surface area contributed by atoms with Crippen molar-refractivity contribution in [1.82, 2.24) is 4.90 Å². The highest BCUT2D eigenvalue weighted by Gasteiger charge is 2.43. The maximum atomic E-state index is 11.4. The first-order chi connectivity index (χ1) is 7.03. The van der Waals surface area contributed by atoms with E-state index in [-0.39, 0.29) is 30.2 Å². The first-order valence-corrected chi connectivity index (χ1v) is 7.11. The van der Waals surface area contributed by atoms with Crippen LogP contribution in [0.4, 0.5) is 0 Å². The van der Waals surface area contributed by atoms with E-state index in [1.165, 1.54) is 0 Å². The summed E-state index contributed by atoms with van der Waals surface area (Å²) < 4.78 is 22.7. The van der Waals surface area contributed by atoms with Gasteiger partial charge >= 0.3 is 0 Å². The Morgan fingerprint density at radius 1 is 1.33 bits per heavy atom. The van der Waals surface area contributed by atoms with Crippen LogP contribution < -0.4 is 0 Å². The number of aliphatic hydroxyl groups excluding tert-OH is 2. The van der Waals surface area contributed by atoms with Crippen molar-refractivity contribution in [2.24, 2.45) is 0 Å². The molecule has 2 fully saturated rings. The molecule has 15 heavy (non-hydrogen) atoms. The lowest BCUT2D eigenvalue weighted by Gasteiger charge is -2.30. The van der Waals surface area contributed by atoms with Crippen molar-refractivity contribution in [2.75, 3.05) is 24.7 Å². The number of likely N-dealkylation sites (tertiary alicyclic amines) is 1. The molecule has 0 radical (unpaired) electrons. The van der Waals surface area contributed by atoms with Crippen LogP contribution in [0.3, 0.4) is 0 Å². The summed E-state index contributed by atoms with van der Waals surface area (Å²) in [5.41, 5.74) is 0. The second-order valence-corrected chi connectivity index (χ2v) is 6.58. The highest BCUT2D eigenvalue weighted by Crippen LogP contribution is 2.26. The number of sulfone groups is 1. The molecule has 0 aromatic rings. The molecule has 6 heteroatoms. The fourth-order valence-corrected chi connectivity index (χ4v) is 4.43. The fourth-order valence-electron chi connectivity index (χ4n) is 2.62. The van der Waals surface area contributed by atoms with Crippen molar-refractivity contribution in [2.45, 2.75) is 31.0 Å². The summed E-state index contributed by atoms with van der Waals surface area (Å²) in [4.78, 5) is 1.95. The van der Waals surface area contributed by atoms with Crippen molar-refractivity contribution in [1.29, 1.82) is 0 Å². The van der Waals surface area contributed by atoms with Gasteiger partial charge in [0.15, 0.2) is 9.84 Å². The predicted molar refractivity (Wildman–Crippen MR) is 55.3 cm³/mol. The van der Waals surface area contributed by atoms with Crippen molar-refractivity contribution in [3.63, 3.8) is 0 Å². The zero-order valence-corrected chi connectivity index (χ0v) is 9.36. The summed E-state index contributed by atoms with van der Waals surface area (Å²) in [6.07, 6.45) is 1.07. The molecule has 2 aliphatic heterocycles. The van der Waals surface area contributed by atoms with Gasteiger partial charge in [-0.3, -0.25) is 4.90 Å². The van der Waals surface area contributed by atoms with E-state index < -0.39 is 15.9 Å². The standard InChI is InChI=1S/C9H17NO4S/c11-4-7-2-1-3-10(7)8-5-15(13,14)6-9(8)12/h7-9,11-12H,1-6H2/t7-,8?,9?/m0/s1. The number of rotatable bonds is 2. The summed E-state index contributed by atoms with van der Waals surface area (Å²) in [5, 5.41) is 18.8. The Hall–Kier alpha value is -0.170. The molecule has 0 amide bonds. The van der Waals surface area contributed by atoms with E-state index in [1.807, 2.05) is 4.90 Å². The van der Waals surface area contributed by atoms with E-state index in [9.17, 15) is 13.5 Å². The van der Waals surface area contributed by atoms with Crippen LogP contribution in [0, 0.1) is 0 Å². The SMILES string of the molecule is O=S1(=O)CC(O)C(N2CCC[C@H]2CO)C1. The number of hydrogen-bond donors (Lipinski definition) is 2. The van der Waals surface area contributed by atoms with Crippen LogP contribution in [0.1, 0.15) is 12.8 Å². The van der Waals surface area contributed by atoms with Crippen LogP contribution >= 0.6 is 0 Å². The van der Waals surface area contributed by atoms with Crippen molar-refractivity contribution in [3.05, 3.63) is 0 Å². The summed E-state index contributed by atoms with van der Waals surface area (Å²) in [5.74, 6) is -0.100. The van der Waals surface area contributed by atoms with Crippen LogP contribution in [-0.4, -0.2) is 66.4 Å². The van der Waals surface area contributed by atoms with Gasteiger partial charge in [-0.25, -0.2) is 8.42 Å². The lowest BCUT2D eigenvalue weighted by Crippen LogP contribution is -2.46. The van der Waals surface area contributed by atoms with Gasteiger partial charge in [0, 0.05) is 6.04 Å². The topological polar surface area (TPSA) is 77.8 Å². The molecular formula is C9H17NO4S. The molecule has 2 N–H and O–H groups in total. The van der Waals surface area contributed by atoms with Gasteiger partial charge in [-0.05, 0) is 19.4 Å². The molecule has 0 aromatic carbocycles. The van der Waals surface area contributed by atoms with Crippen molar-refractivity contribution in [3.8, 4) is 0 Å². The van der Waals surface area contributed by atoms with Crippen LogP contribution in [0.15, 0.2) is 0 Å². The predicted octanol–water partition coefficient (Wildman–Crippen LogP) is -1.40. The molecular weight excluding hydrogens is 218 g/mol. The lowest BCUT2D eigenvalue weighted by molar-refractivity contribution is 0.0557. The zero-order valence-electron chi connectivity index (χ0n) is 8.54. The normalized spacial score (nSPS) is 41.1. The van der Waals surface area contributed by atoms with Crippen molar-refractivity contribution < 1.29 is 18.6 Å². The third-order valence-corrected chi connectivity index (χ3v) is 5.05. The molecule has 88 valence electrons. The van der Waals surface area contributed by atoms with Gasteiger partial charge in [0.05, 0.1) is 30.3 Å². The molecule has 2 rings (SSSR count). The van der Waals surface area contributed by atoms with Gasteiger partial charge in [0.1, 0.15) is 0 Å². The molecule has 2 unspecified atom stereocenters. The molecule has 2 aliphatic rings. The molecule has 2 heterocycles. The quantitative estimate of drug-likeness (QED) is 0.615. The minimum Gasteiger partial charge on any atom is -0.395 e. The Kier molecular flexibility index (Phi) is 3.03. The van der Waals surface area contributed by atoms with E-state index in [0.29, 0.717) is 0 Å². The molecule has 0 saturated carbocycles. The maximum Gasteiger partial charge on any atom is 0.154 e. The molecule has 3 atom stereocenters. The van der Waals surface area contributed by atoms with E-state index in [0.717, 1.165) is 19.4 Å². The Morgan fingerprint density at radius 3 is 2.60 bits per heavy atom. The molecule has 0 spiro atoms. The van der Waals surface area contributed by atoms with Crippen LogP contribution in [-0.2, 0) is 9.84 Å². The summed E-state index contributed by atoms with van der Waals surface area (Å²) >= 11 is 0. The van der Waals surface area contributed by atoms with Crippen LogP contribution in [0.2, 0.25) is 0 Å². The van der Waals surface area contributed by atoms with Gasteiger partial charge in [-0.15, -0.1) is 0 Å². The Morgan fingerprint density at radius 2 is 2.07 bits per heavy atom. The highest BCUT2D eigenvalue weighted by molar-refractivity contribution is 7.91.